The third-order valence-corrected chi connectivity index (χ3v) is 3.23. The number of hydrazine groups is 1. The molecule has 1 aliphatic heterocycles. The first kappa shape index (κ1) is 11.9. The average molecular weight is 258 g/mol. The van der Waals surface area contributed by atoms with Crippen molar-refractivity contribution in [1.29, 1.82) is 0 Å². The SMILES string of the molecule is O=C(c1n[nH]c2ccccc2c1=O)N1CCCCN1. The lowest BCUT2D eigenvalue weighted by Crippen LogP contribution is -2.48. The van der Waals surface area contributed by atoms with Gasteiger partial charge in [0.05, 0.1) is 5.52 Å². The molecule has 1 aliphatic rings. The van der Waals surface area contributed by atoms with Gasteiger partial charge in [0, 0.05) is 18.5 Å². The monoisotopic (exact) mass is 258 g/mol. The average Bonchev–Trinajstić information content (AvgIpc) is 2.48. The number of nitrogens with one attached hydrogen (secondary N) is 2. The number of aromatic nitrogens is 2. The molecule has 0 atom stereocenters. The van der Waals surface area contributed by atoms with Gasteiger partial charge in [0.2, 0.25) is 5.43 Å². The number of rotatable bonds is 1. The maximum atomic E-state index is 12.3. The molecule has 2 N–H and O–H groups in total. The number of fused-ring (bicyclic) bond motifs is 1. The smallest absolute Gasteiger partial charge is 0.286 e. The van der Waals surface area contributed by atoms with E-state index in [-0.39, 0.29) is 17.0 Å². The molecule has 98 valence electrons. The van der Waals surface area contributed by atoms with Gasteiger partial charge in [-0.25, -0.2) is 5.43 Å². The number of hydrogen-bond acceptors (Lipinski definition) is 4. The first-order chi connectivity index (χ1) is 9.27. The van der Waals surface area contributed by atoms with Crippen molar-refractivity contribution in [3.63, 3.8) is 0 Å². The van der Waals surface area contributed by atoms with Crippen LogP contribution in [0.5, 0.6) is 0 Å². The summed E-state index contributed by atoms with van der Waals surface area (Å²) in [5, 5.41) is 8.62. The van der Waals surface area contributed by atoms with Gasteiger partial charge in [-0.05, 0) is 25.0 Å². The number of benzene rings is 1. The van der Waals surface area contributed by atoms with Crippen molar-refractivity contribution in [2.45, 2.75) is 12.8 Å². The van der Waals surface area contributed by atoms with E-state index in [0.717, 1.165) is 19.4 Å². The van der Waals surface area contributed by atoms with Gasteiger partial charge in [-0.3, -0.25) is 19.7 Å². The normalized spacial score (nSPS) is 15.7. The largest absolute Gasteiger partial charge is 0.292 e. The van der Waals surface area contributed by atoms with Crippen LogP contribution in [0, 0.1) is 0 Å². The van der Waals surface area contributed by atoms with E-state index >= 15 is 0 Å². The Balaban J connectivity index is 2.03. The number of carbonyl (C=O) groups excluding carboxylic acids is 1. The molecule has 0 spiro atoms. The van der Waals surface area contributed by atoms with Crippen molar-refractivity contribution < 1.29 is 4.79 Å². The second-order valence-electron chi connectivity index (χ2n) is 4.52. The van der Waals surface area contributed by atoms with Crippen LogP contribution in [-0.2, 0) is 0 Å². The van der Waals surface area contributed by atoms with Crippen molar-refractivity contribution in [3.8, 4) is 0 Å². The molecule has 0 bridgehead atoms. The molecule has 2 heterocycles. The maximum Gasteiger partial charge on any atom is 0.292 e. The van der Waals surface area contributed by atoms with Crippen LogP contribution in [0.25, 0.3) is 10.9 Å². The van der Waals surface area contributed by atoms with Gasteiger partial charge in [0.1, 0.15) is 0 Å². The van der Waals surface area contributed by atoms with Crippen LogP contribution >= 0.6 is 0 Å². The summed E-state index contributed by atoms with van der Waals surface area (Å²) in [6.07, 6.45) is 1.97. The molecule has 6 nitrogen and oxygen atoms in total. The van der Waals surface area contributed by atoms with Crippen LogP contribution in [0.2, 0.25) is 0 Å². The first-order valence-electron chi connectivity index (χ1n) is 6.30. The second-order valence-corrected chi connectivity index (χ2v) is 4.52. The quantitative estimate of drug-likeness (QED) is 0.787. The minimum Gasteiger partial charge on any atom is -0.286 e. The molecule has 1 fully saturated rings. The lowest BCUT2D eigenvalue weighted by atomic mass is 10.2. The zero-order valence-electron chi connectivity index (χ0n) is 10.3. The van der Waals surface area contributed by atoms with Crippen LogP contribution in [-0.4, -0.2) is 34.2 Å². The second kappa shape index (κ2) is 4.81. The summed E-state index contributed by atoms with van der Waals surface area (Å²) in [5.41, 5.74) is 3.23. The lowest BCUT2D eigenvalue weighted by Gasteiger charge is -2.26. The molecular formula is C13H14N4O2. The Bertz CT molecular complexity index is 674. The van der Waals surface area contributed by atoms with Crippen LogP contribution in [0.3, 0.4) is 0 Å². The molecule has 0 unspecified atom stereocenters. The van der Waals surface area contributed by atoms with E-state index in [9.17, 15) is 9.59 Å². The van der Waals surface area contributed by atoms with Crippen LogP contribution in [0.1, 0.15) is 23.3 Å². The molecule has 0 aliphatic carbocycles. The predicted molar refractivity (Wildman–Crippen MR) is 70.6 cm³/mol. The van der Waals surface area contributed by atoms with Crippen molar-refractivity contribution in [2.24, 2.45) is 0 Å². The van der Waals surface area contributed by atoms with Gasteiger partial charge < -0.3 is 0 Å². The van der Waals surface area contributed by atoms with E-state index < -0.39 is 0 Å². The Kier molecular flexibility index (Phi) is 3.00. The molecule has 1 aromatic carbocycles. The Morgan fingerprint density at radius 3 is 2.89 bits per heavy atom. The summed E-state index contributed by atoms with van der Waals surface area (Å²) in [6, 6.07) is 7.03. The summed E-state index contributed by atoms with van der Waals surface area (Å²) in [4.78, 5) is 24.5. The van der Waals surface area contributed by atoms with Gasteiger partial charge in [0.25, 0.3) is 5.91 Å². The molecular weight excluding hydrogens is 244 g/mol. The zero-order chi connectivity index (χ0) is 13.2. The number of para-hydroxylation sites is 1. The summed E-state index contributed by atoms with van der Waals surface area (Å²) in [6.45, 7) is 1.35. The molecule has 1 amide bonds. The number of H-pyrrole nitrogens is 1. The van der Waals surface area contributed by atoms with Gasteiger partial charge in [0.15, 0.2) is 5.69 Å². The minimum atomic E-state index is -0.369. The minimum absolute atomic E-state index is 0.0619. The fourth-order valence-corrected chi connectivity index (χ4v) is 2.21. The highest BCUT2D eigenvalue weighted by Crippen LogP contribution is 2.07. The fraction of sp³-hybridized carbons (Fsp3) is 0.308. The molecule has 1 saturated heterocycles. The summed E-state index contributed by atoms with van der Waals surface area (Å²) < 4.78 is 0. The molecule has 3 rings (SSSR count). The molecule has 6 heteroatoms. The van der Waals surface area contributed by atoms with Crippen LogP contribution in [0.15, 0.2) is 29.1 Å². The predicted octanol–water partition coefficient (Wildman–Crippen LogP) is 0.664. The lowest BCUT2D eigenvalue weighted by molar-refractivity contribution is 0.0602. The fourth-order valence-electron chi connectivity index (χ4n) is 2.21. The standard InChI is InChI=1S/C13H14N4O2/c18-12-9-5-1-2-6-10(9)15-16-11(12)13(19)17-8-4-3-7-14-17/h1-2,5-6,14H,3-4,7-8H2,(H,15,18). The van der Waals surface area contributed by atoms with Gasteiger partial charge in [-0.2, -0.15) is 5.10 Å². The highest BCUT2D eigenvalue weighted by atomic mass is 16.2. The maximum absolute atomic E-state index is 12.3. The molecule has 1 aromatic heterocycles. The number of hydrogen-bond donors (Lipinski definition) is 2. The number of amides is 1. The van der Waals surface area contributed by atoms with E-state index in [0.29, 0.717) is 17.4 Å². The third kappa shape index (κ3) is 2.10. The zero-order valence-corrected chi connectivity index (χ0v) is 10.3. The van der Waals surface area contributed by atoms with Crippen molar-refractivity contribution >= 4 is 16.8 Å². The Morgan fingerprint density at radius 1 is 1.26 bits per heavy atom. The van der Waals surface area contributed by atoms with E-state index in [1.165, 1.54) is 5.01 Å². The highest BCUT2D eigenvalue weighted by Gasteiger charge is 2.22. The molecule has 0 saturated carbocycles. The van der Waals surface area contributed by atoms with Crippen molar-refractivity contribution in [3.05, 3.63) is 40.2 Å². The van der Waals surface area contributed by atoms with E-state index in [4.69, 9.17) is 0 Å². The summed E-state index contributed by atoms with van der Waals surface area (Å²) in [7, 11) is 0. The molecule has 0 radical (unpaired) electrons. The van der Waals surface area contributed by atoms with Crippen LogP contribution in [0.4, 0.5) is 0 Å². The van der Waals surface area contributed by atoms with Crippen molar-refractivity contribution in [2.75, 3.05) is 13.1 Å². The van der Waals surface area contributed by atoms with E-state index in [2.05, 4.69) is 15.6 Å². The van der Waals surface area contributed by atoms with Gasteiger partial charge in [-0.15, -0.1) is 0 Å². The summed E-state index contributed by atoms with van der Waals surface area (Å²) in [5.74, 6) is -0.369. The van der Waals surface area contributed by atoms with Gasteiger partial charge in [-0.1, -0.05) is 12.1 Å². The number of nitrogens with zero attached hydrogens (tertiary/aromatic N) is 2. The number of carbonyl (C=O) groups is 1. The Labute approximate surface area is 109 Å². The highest BCUT2D eigenvalue weighted by molar-refractivity contribution is 5.94. The topological polar surface area (TPSA) is 78.1 Å². The summed E-state index contributed by atoms with van der Waals surface area (Å²) >= 11 is 0. The van der Waals surface area contributed by atoms with Gasteiger partial charge >= 0.3 is 0 Å². The molecule has 19 heavy (non-hydrogen) atoms. The van der Waals surface area contributed by atoms with E-state index in [1.807, 2.05) is 6.07 Å². The Hall–Kier alpha value is -2.21. The number of aromatic amines is 1. The van der Waals surface area contributed by atoms with Crippen molar-refractivity contribution in [1.82, 2.24) is 20.6 Å². The Morgan fingerprint density at radius 2 is 2.11 bits per heavy atom. The van der Waals surface area contributed by atoms with Crippen LogP contribution < -0.4 is 10.9 Å². The molecule has 2 aromatic rings. The first-order valence-corrected chi connectivity index (χ1v) is 6.30. The third-order valence-electron chi connectivity index (χ3n) is 3.23. The van der Waals surface area contributed by atoms with E-state index in [1.54, 1.807) is 18.2 Å².